The Labute approximate surface area is 150 Å². The van der Waals surface area contributed by atoms with Crippen LogP contribution in [0.4, 0.5) is 4.79 Å². The summed E-state index contributed by atoms with van der Waals surface area (Å²) in [7, 11) is 0. The predicted octanol–water partition coefficient (Wildman–Crippen LogP) is 1.16. The van der Waals surface area contributed by atoms with E-state index in [1.807, 2.05) is 18.2 Å². The van der Waals surface area contributed by atoms with Crippen molar-refractivity contribution in [3.8, 4) is 0 Å². The molecule has 1 aliphatic rings. The van der Waals surface area contributed by atoms with Gasteiger partial charge in [0.2, 0.25) is 5.91 Å². The summed E-state index contributed by atoms with van der Waals surface area (Å²) in [5, 5.41) is 0. The third-order valence-corrected chi connectivity index (χ3v) is 4.40. The molecule has 0 unspecified atom stereocenters. The van der Waals surface area contributed by atoms with E-state index in [2.05, 4.69) is 9.97 Å². The molecule has 2 amide bonds. The Balaban J connectivity index is 1.56. The number of amides is 2. The topological polar surface area (TPSA) is 95.6 Å². The second-order valence-corrected chi connectivity index (χ2v) is 6.10. The van der Waals surface area contributed by atoms with Gasteiger partial charge < -0.3 is 19.5 Å². The Morgan fingerprint density at radius 2 is 1.85 bits per heavy atom. The minimum Gasteiger partial charge on any atom is -0.450 e. The highest BCUT2D eigenvalue weighted by atomic mass is 16.6. The molecule has 0 bridgehead atoms. The van der Waals surface area contributed by atoms with E-state index < -0.39 is 0 Å². The Hall–Kier alpha value is -2.90. The zero-order valence-corrected chi connectivity index (χ0v) is 14.7. The summed E-state index contributed by atoms with van der Waals surface area (Å²) in [6, 6.07) is 7.30. The average molecular weight is 358 g/mol. The first-order chi connectivity index (χ1) is 12.6. The van der Waals surface area contributed by atoms with Gasteiger partial charge in [0.05, 0.1) is 17.6 Å². The van der Waals surface area contributed by atoms with Crippen LogP contribution in [-0.2, 0) is 16.0 Å². The number of piperazine rings is 1. The lowest BCUT2D eigenvalue weighted by atomic mass is 10.2. The number of aromatic amines is 1. The number of ether oxygens (including phenoxy) is 1. The average Bonchev–Trinajstić information content (AvgIpc) is 2.66. The number of hydrogen-bond donors (Lipinski definition) is 1. The molecule has 1 aromatic carbocycles. The quantitative estimate of drug-likeness (QED) is 0.885. The molecule has 1 saturated heterocycles. The second kappa shape index (κ2) is 7.99. The normalized spacial score (nSPS) is 14.5. The van der Waals surface area contributed by atoms with Gasteiger partial charge in [-0.25, -0.2) is 9.78 Å². The summed E-state index contributed by atoms with van der Waals surface area (Å²) < 4.78 is 4.97. The molecule has 2 heterocycles. The fraction of sp³-hybridized carbons (Fsp3) is 0.444. The standard InChI is InChI=1S/C18H22N4O4/c1-2-26-18(25)22-11-9-21(10-12-22)16(23)8-7-15-17(24)20-14-6-4-3-5-13(14)19-15/h3-6H,2,7-12H2,1H3,(H,20,24). The van der Waals surface area contributed by atoms with E-state index in [9.17, 15) is 14.4 Å². The molecular weight excluding hydrogens is 336 g/mol. The number of carbonyl (C=O) groups is 2. The third-order valence-electron chi connectivity index (χ3n) is 4.40. The van der Waals surface area contributed by atoms with Gasteiger partial charge in [-0.3, -0.25) is 9.59 Å². The van der Waals surface area contributed by atoms with Crippen LogP contribution in [0.15, 0.2) is 29.1 Å². The Kier molecular flexibility index (Phi) is 5.50. The van der Waals surface area contributed by atoms with Gasteiger partial charge in [-0.1, -0.05) is 12.1 Å². The second-order valence-electron chi connectivity index (χ2n) is 6.10. The zero-order chi connectivity index (χ0) is 18.5. The lowest BCUT2D eigenvalue weighted by molar-refractivity contribution is -0.132. The largest absolute Gasteiger partial charge is 0.450 e. The van der Waals surface area contributed by atoms with E-state index in [1.54, 1.807) is 22.8 Å². The number of fused-ring (bicyclic) bond motifs is 1. The monoisotopic (exact) mass is 358 g/mol. The summed E-state index contributed by atoms with van der Waals surface area (Å²) in [5.74, 6) is -0.0390. The van der Waals surface area contributed by atoms with Crippen LogP contribution in [0.1, 0.15) is 19.0 Å². The van der Waals surface area contributed by atoms with Crippen LogP contribution in [0.3, 0.4) is 0 Å². The predicted molar refractivity (Wildman–Crippen MR) is 95.9 cm³/mol. The first-order valence-electron chi connectivity index (χ1n) is 8.76. The molecule has 8 heteroatoms. The molecule has 0 saturated carbocycles. The van der Waals surface area contributed by atoms with Gasteiger partial charge in [-0.05, 0) is 19.1 Å². The molecule has 3 rings (SSSR count). The fourth-order valence-electron chi connectivity index (χ4n) is 2.97. The Morgan fingerprint density at radius 1 is 1.15 bits per heavy atom. The first kappa shape index (κ1) is 17.9. The number of H-pyrrole nitrogens is 1. The lowest BCUT2D eigenvalue weighted by Gasteiger charge is -2.34. The van der Waals surface area contributed by atoms with Gasteiger partial charge >= 0.3 is 6.09 Å². The van der Waals surface area contributed by atoms with Crippen molar-refractivity contribution in [3.63, 3.8) is 0 Å². The SMILES string of the molecule is CCOC(=O)N1CCN(C(=O)CCc2nc3ccccc3[nH]c2=O)CC1. The molecule has 1 fully saturated rings. The Morgan fingerprint density at radius 3 is 2.58 bits per heavy atom. The number of aryl methyl sites for hydroxylation is 1. The number of aromatic nitrogens is 2. The van der Waals surface area contributed by atoms with Crippen molar-refractivity contribution in [2.75, 3.05) is 32.8 Å². The van der Waals surface area contributed by atoms with Crippen LogP contribution in [0.2, 0.25) is 0 Å². The van der Waals surface area contributed by atoms with Gasteiger partial charge in [0, 0.05) is 39.0 Å². The molecular formula is C18H22N4O4. The van der Waals surface area contributed by atoms with Gasteiger partial charge in [0.1, 0.15) is 5.69 Å². The van der Waals surface area contributed by atoms with Crippen molar-refractivity contribution in [1.29, 1.82) is 0 Å². The number of rotatable bonds is 4. The van der Waals surface area contributed by atoms with Crippen LogP contribution in [0.25, 0.3) is 11.0 Å². The molecule has 1 aromatic heterocycles. The highest BCUT2D eigenvalue weighted by Gasteiger charge is 2.24. The lowest BCUT2D eigenvalue weighted by Crippen LogP contribution is -2.50. The van der Waals surface area contributed by atoms with Crippen molar-refractivity contribution in [2.24, 2.45) is 0 Å². The number of para-hydroxylation sites is 2. The van der Waals surface area contributed by atoms with E-state index in [4.69, 9.17) is 4.74 Å². The molecule has 1 N–H and O–H groups in total. The summed E-state index contributed by atoms with van der Waals surface area (Å²) in [6.45, 7) is 3.96. The number of benzene rings is 1. The van der Waals surface area contributed by atoms with Crippen molar-refractivity contribution < 1.29 is 14.3 Å². The van der Waals surface area contributed by atoms with Gasteiger partial charge in [-0.15, -0.1) is 0 Å². The van der Waals surface area contributed by atoms with Gasteiger partial charge in [0.25, 0.3) is 5.56 Å². The summed E-state index contributed by atoms with van der Waals surface area (Å²) in [6.07, 6.45) is 0.164. The highest BCUT2D eigenvalue weighted by Crippen LogP contribution is 2.09. The Bertz CT molecular complexity index is 856. The van der Waals surface area contributed by atoms with Crippen molar-refractivity contribution in [3.05, 3.63) is 40.3 Å². The molecule has 1 aliphatic heterocycles. The number of nitrogens with one attached hydrogen (secondary N) is 1. The highest BCUT2D eigenvalue weighted by molar-refractivity contribution is 5.77. The van der Waals surface area contributed by atoms with Gasteiger partial charge in [-0.2, -0.15) is 0 Å². The molecule has 0 atom stereocenters. The number of carbonyl (C=O) groups excluding carboxylic acids is 2. The van der Waals surface area contributed by atoms with E-state index in [0.29, 0.717) is 49.5 Å². The third kappa shape index (κ3) is 4.01. The molecule has 26 heavy (non-hydrogen) atoms. The maximum atomic E-state index is 12.4. The molecule has 8 nitrogen and oxygen atoms in total. The maximum Gasteiger partial charge on any atom is 0.409 e. The molecule has 138 valence electrons. The van der Waals surface area contributed by atoms with E-state index in [1.165, 1.54) is 0 Å². The fourth-order valence-corrected chi connectivity index (χ4v) is 2.97. The van der Waals surface area contributed by atoms with Crippen LogP contribution in [0, 0.1) is 0 Å². The summed E-state index contributed by atoms with van der Waals surface area (Å²) in [5.41, 5.74) is 1.49. The van der Waals surface area contributed by atoms with Crippen molar-refractivity contribution in [1.82, 2.24) is 19.8 Å². The minimum absolute atomic E-state index is 0.0390. The summed E-state index contributed by atoms with van der Waals surface area (Å²) in [4.78, 5) is 46.7. The van der Waals surface area contributed by atoms with E-state index in [-0.39, 0.29) is 30.4 Å². The molecule has 0 spiro atoms. The zero-order valence-electron chi connectivity index (χ0n) is 14.7. The molecule has 0 radical (unpaired) electrons. The van der Waals surface area contributed by atoms with Crippen LogP contribution in [-0.4, -0.2) is 64.6 Å². The minimum atomic E-state index is -0.341. The van der Waals surface area contributed by atoms with Gasteiger partial charge in [0.15, 0.2) is 0 Å². The molecule has 0 aliphatic carbocycles. The van der Waals surface area contributed by atoms with E-state index >= 15 is 0 Å². The van der Waals surface area contributed by atoms with Crippen molar-refractivity contribution >= 4 is 23.0 Å². The van der Waals surface area contributed by atoms with E-state index in [0.717, 1.165) is 0 Å². The number of nitrogens with zero attached hydrogens (tertiary/aromatic N) is 3. The van der Waals surface area contributed by atoms with Crippen LogP contribution >= 0.6 is 0 Å². The number of hydrogen-bond acceptors (Lipinski definition) is 5. The molecule has 2 aromatic rings. The maximum absolute atomic E-state index is 12.4. The first-order valence-corrected chi connectivity index (χ1v) is 8.76. The van der Waals surface area contributed by atoms with Crippen LogP contribution < -0.4 is 5.56 Å². The smallest absolute Gasteiger partial charge is 0.409 e. The van der Waals surface area contributed by atoms with Crippen LogP contribution in [0.5, 0.6) is 0 Å². The summed E-state index contributed by atoms with van der Waals surface area (Å²) >= 11 is 0. The van der Waals surface area contributed by atoms with Crippen molar-refractivity contribution in [2.45, 2.75) is 19.8 Å².